The third kappa shape index (κ3) is 6.23. The van der Waals surface area contributed by atoms with Gasteiger partial charge >= 0.3 is 0 Å². The summed E-state index contributed by atoms with van der Waals surface area (Å²) in [5.41, 5.74) is 7.40. The highest BCUT2D eigenvalue weighted by molar-refractivity contribution is 14.1. The molecule has 37 heavy (non-hydrogen) atoms. The van der Waals surface area contributed by atoms with Crippen LogP contribution in [0.2, 0.25) is 0 Å². The van der Waals surface area contributed by atoms with Gasteiger partial charge in [-0.1, -0.05) is 76.6 Å². The molecular formula is C30H21BrIN3O2. The maximum atomic E-state index is 13.2. The summed E-state index contributed by atoms with van der Waals surface area (Å²) in [4.78, 5) is 18.0. The summed E-state index contributed by atoms with van der Waals surface area (Å²) in [7, 11) is 0. The number of hydrogen-bond donors (Lipinski definition) is 1. The molecule has 1 aromatic heterocycles. The van der Waals surface area contributed by atoms with Gasteiger partial charge in [-0.25, -0.2) is 10.4 Å². The van der Waals surface area contributed by atoms with Gasteiger partial charge in [0.05, 0.1) is 23.0 Å². The Balaban J connectivity index is 1.37. The Morgan fingerprint density at radius 3 is 2.51 bits per heavy atom. The van der Waals surface area contributed by atoms with E-state index < -0.39 is 0 Å². The number of carbonyl (C=O) groups is 1. The molecular weight excluding hydrogens is 641 g/mol. The number of para-hydroxylation sites is 1. The zero-order valence-electron chi connectivity index (χ0n) is 19.6. The lowest BCUT2D eigenvalue weighted by molar-refractivity contribution is 0.0956. The van der Waals surface area contributed by atoms with Crippen LogP contribution in [-0.2, 0) is 6.61 Å². The topological polar surface area (TPSA) is 63.6 Å². The van der Waals surface area contributed by atoms with Crippen LogP contribution in [-0.4, -0.2) is 17.1 Å². The minimum atomic E-state index is -0.316. The fourth-order valence-electron chi connectivity index (χ4n) is 3.83. The maximum Gasteiger partial charge on any atom is 0.272 e. The number of ether oxygens (including phenoxy) is 1. The van der Waals surface area contributed by atoms with Gasteiger partial charge < -0.3 is 4.74 Å². The third-order valence-corrected chi connectivity index (χ3v) is 6.89. The summed E-state index contributed by atoms with van der Waals surface area (Å²) >= 11 is 5.78. The Morgan fingerprint density at radius 2 is 1.70 bits per heavy atom. The maximum absolute atomic E-state index is 13.2. The minimum Gasteiger partial charge on any atom is -0.488 e. The van der Waals surface area contributed by atoms with Crippen molar-refractivity contribution < 1.29 is 9.53 Å². The molecule has 0 spiro atoms. The lowest BCUT2D eigenvalue weighted by atomic mass is 10.0. The number of fused-ring (bicyclic) bond motifs is 1. The number of rotatable bonds is 7. The van der Waals surface area contributed by atoms with Crippen molar-refractivity contribution in [1.29, 1.82) is 0 Å². The van der Waals surface area contributed by atoms with Crippen LogP contribution < -0.4 is 10.2 Å². The van der Waals surface area contributed by atoms with Crippen molar-refractivity contribution in [2.75, 3.05) is 0 Å². The average Bonchev–Trinajstić information content (AvgIpc) is 2.93. The number of hydrogen-bond acceptors (Lipinski definition) is 4. The molecule has 5 aromatic rings. The van der Waals surface area contributed by atoms with Crippen LogP contribution >= 0.6 is 38.5 Å². The van der Waals surface area contributed by atoms with E-state index in [2.05, 4.69) is 49.0 Å². The average molecular weight is 662 g/mol. The van der Waals surface area contributed by atoms with Crippen LogP contribution in [0.4, 0.5) is 0 Å². The number of pyridine rings is 1. The van der Waals surface area contributed by atoms with Gasteiger partial charge in [0.15, 0.2) is 0 Å². The summed E-state index contributed by atoms with van der Waals surface area (Å²) in [6.45, 7) is 0.428. The first-order valence-electron chi connectivity index (χ1n) is 11.5. The van der Waals surface area contributed by atoms with Crippen molar-refractivity contribution in [3.8, 4) is 17.0 Å². The fraction of sp³-hybridized carbons (Fsp3) is 0.0333. The summed E-state index contributed by atoms with van der Waals surface area (Å²) in [6.07, 6.45) is 1.59. The van der Waals surface area contributed by atoms with Crippen molar-refractivity contribution >= 4 is 61.5 Å². The van der Waals surface area contributed by atoms with Gasteiger partial charge in [0.25, 0.3) is 5.91 Å². The van der Waals surface area contributed by atoms with E-state index in [-0.39, 0.29) is 5.91 Å². The standard InChI is InChI=1S/C30H21BrIN3O2/c31-23-12-15-29(37-19-20-10-13-24(32)14-11-20)22(16-23)18-33-35-30(36)26-17-28(21-6-2-1-3-7-21)34-27-9-5-4-8-25(26)27/h1-18H,19H2,(H,35,36)/b33-18+. The molecule has 5 nitrogen and oxygen atoms in total. The van der Waals surface area contributed by atoms with Crippen LogP contribution in [0, 0.1) is 3.57 Å². The molecule has 5 rings (SSSR count). The second-order valence-electron chi connectivity index (χ2n) is 8.23. The van der Waals surface area contributed by atoms with E-state index in [1.807, 2.05) is 97.1 Å². The zero-order valence-corrected chi connectivity index (χ0v) is 23.3. The van der Waals surface area contributed by atoms with Crippen molar-refractivity contribution in [1.82, 2.24) is 10.4 Å². The van der Waals surface area contributed by atoms with E-state index in [0.717, 1.165) is 37.8 Å². The van der Waals surface area contributed by atoms with Gasteiger partial charge in [-0.15, -0.1) is 0 Å². The predicted octanol–water partition coefficient (Wildman–Crippen LogP) is 7.61. The van der Waals surface area contributed by atoms with Crippen LogP contribution in [0.25, 0.3) is 22.2 Å². The third-order valence-electron chi connectivity index (χ3n) is 5.68. The van der Waals surface area contributed by atoms with E-state index in [1.165, 1.54) is 3.57 Å². The molecule has 0 unspecified atom stereocenters. The Labute approximate surface area is 236 Å². The molecule has 1 heterocycles. The van der Waals surface area contributed by atoms with Gasteiger partial charge in [-0.2, -0.15) is 5.10 Å². The van der Waals surface area contributed by atoms with Crippen molar-refractivity contribution in [2.24, 2.45) is 5.10 Å². The van der Waals surface area contributed by atoms with Crippen molar-refractivity contribution in [3.63, 3.8) is 0 Å². The number of nitrogens with zero attached hydrogens (tertiary/aromatic N) is 2. The largest absolute Gasteiger partial charge is 0.488 e. The van der Waals surface area contributed by atoms with Crippen LogP contribution in [0.1, 0.15) is 21.5 Å². The molecule has 0 aliphatic carbocycles. The molecule has 0 aliphatic heterocycles. The first-order chi connectivity index (χ1) is 18.1. The lowest BCUT2D eigenvalue weighted by Gasteiger charge is -2.10. The van der Waals surface area contributed by atoms with Crippen molar-refractivity contribution in [2.45, 2.75) is 6.61 Å². The first-order valence-corrected chi connectivity index (χ1v) is 13.4. The van der Waals surface area contributed by atoms with Gasteiger partial charge in [-0.3, -0.25) is 4.79 Å². The number of carbonyl (C=O) groups excluding carboxylic acids is 1. The zero-order chi connectivity index (χ0) is 25.6. The summed E-state index contributed by atoms with van der Waals surface area (Å²) in [5.74, 6) is 0.351. The van der Waals surface area contributed by atoms with E-state index in [1.54, 1.807) is 12.3 Å². The molecule has 0 aliphatic rings. The number of benzene rings is 4. The molecule has 0 radical (unpaired) electrons. The Hall–Kier alpha value is -3.56. The minimum absolute atomic E-state index is 0.316. The Morgan fingerprint density at radius 1 is 0.946 bits per heavy atom. The molecule has 0 fully saturated rings. The molecule has 0 atom stereocenters. The monoisotopic (exact) mass is 661 g/mol. The van der Waals surface area contributed by atoms with Crippen LogP contribution in [0.5, 0.6) is 5.75 Å². The van der Waals surface area contributed by atoms with Gasteiger partial charge in [-0.05, 0) is 70.6 Å². The lowest BCUT2D eigenvalue weighted by Crippen LogP contribution is -2.18. The molecule has 1 N–H and O–H groups in total. The number of halogens is 2. The molecule has 0 saturated heterocycles. The molecule has 182 valence electrons. The van der Waals surface area contributed by atoms with Gasteiger partial charge in [0.2, 0.25) is 0 Å². The summed E-state index contributed by atoms with van der Waals surface area (Å²) in [5, 5.41) is 5.01. The normalized spacial score (nSPS) is 11.1. The highest BCUT2D eigenvalue weighted by atomic mass is 127. The number of hydrazone groups is 1. The SMILES string of the molecule is O=C(N/N=C/c1cc(Br)ccc1OCc1ccc(I)cc1)c1cc(-c2ccccc2)nc2ccccc12. The molecule has 4 aromatic carbocycles. The number of aromatic nitrogens is 1. The van der Waals surface area contributed by atoms with Gasteiger partial charge in [0.1, 0.15) is 12.4 Å². The summed E-state index contributed by atoms with van der Waals surface area (Å²) in [6, 6.07) is 33.1. The predicted molar refractivity (Wildman–Crippen MR) is 160 cm³/mol. The van der Waals surface area contributed by atoms with E-state index in [0.29, 0.717) is 17.9 Å². The quantitative estimate of drug-likeness (QED) is 0.111. The van der Waals surface area contributed by atoms with Crippen LogP contribution in [0.15, 0.2) is 113 Å². The Kier molecular flexibility index (Phi) is 7.91. The van der Waals surface area contributed by atoms with E-state index >= 15 is 0 Å². The number of amides is 1. The second kappa shape index (κ2) is 11.7. The second-order valence-corrected chi connectivity index (χ2v) is 10.4. The van der Waals surface area contributed by atoms with Crippen LogP contribution in [0.3, 0.4) is 0 Å². The highest BCUT2D eigenvalue weighted by Gasteiger charge is 2.13. The molecule has 7 heteroatoms. The smallest absolute Gasteiger partial charge is 0.272 e. The molecule has 1 amide bonds. The number of nitrogens with one attached hydrogen (secondary N) is 1. The molecule has 0 saturated carbocycles. The van der Waals surface area contributed by atoms with E-state index in [4.69, 9.17) is 9.72 Å². The molecule has 0 bridgehead atoms. The van der Waals surface area contributed by atoms with E-state index in [9.17, 15) is 4.79 Å². The Bertz CT molecular complexity index is 1590. The fourth-order valence-corrected chi connectivity index (χ4v) is 4.57. The van der Waals surface area contributed by atoms with Gasteiger partial charge in [0, 0.05) is 24.6 Å². The first kappa shape index (κ1) is 25.1. The summed E-state index contributed by atoms with van der Waals surface area (Å²) < 4.78 is 8.10. The highest BCUT2D eigenvalue weighted by Crippen LogP contribution is 2.25. The van der Waals surface area contributed by atoms with Crippen molar-refractivity contribution in [3.05, 3.63) is 128 Å².